The minimum atomic E-state index is -0.503. The van der Waals surface area contributed by atoms with Gasteiger partial charge in [-0.15, -0.1) is 30.1 Å². The second kappa shape index (κ2) is 17.4. The lowest BCUT2D eigenvalue weighted by molar-refractivity contribution is 0.827. The van der Waals surface area contributed by atoms with Gasteiger partial charge in [0.25, 0.3) is 0 Å². The largest absolute Gasteiger partial charge is 0.108 e. The van der Waals surface area contributed by atoms with Crippen molar-refractivity contribution in [3.8, 4) is 64.6 Å². The zero-order valence-corrected chi connectivity index (χ0v) is 40.6. The second-order valence-electron chi connectivity index (χ2n) is 17.3. The average molecular weight is 857 g/mol. The van der Waals surface area contributed by atoms with Gasteiger partial charge in [-0.05, 0) is 172 Å². The molecule has 4 unspecified atom stereocenters. The first-order valence-corrected chi connectivity index (χ1v) is 28.3. The van der Waals surface area contributed by atoms with E-state index in [1.54, 1.807) is 86.9 Å². The molecule has 0 amide bonds. The SMILES string of the molecule is Cc1c(C)c2p(c1-c1ccccc1)CCCCp1c(-c3ccccc3)c(C)c(C)c1-c1c(C)c(C)c(-c3ccccc3)p1CCCCp1c(-c3ccccc3)c(C)c(C)c1-2. The van der Waals surface area contributed by atoms with Crippen LogP contribution in [0.15, 0.2) is 121 Å². The predicted octanol–water partition coefficient (Wildman–Crippen LogP) is 19.4. The fourth-order valence-electron chi connectivity index (χ4n) is 10.6. The second-order valence-corrected chi connectivity index (χ2v) is 26.1. The van der Waals surface area contributed by atoms with Crippen molar-refractivity contribution < 1.29 is 0 Å². The quantitative estimate of drug-likeness (QED) is 0.165. The van der Waals surface area contributed by atoms with Crippen LogP contribution in [0.4, 0.5) is 0 Å². The molecule has 4 aromatic heterocycles. The molecule has 0 radical (unpaired) electrons. The standard InChI is InChI=1S/C56H60P4/c1-37-41(5)53-54-42(6)38(2)50(46-27-15-10-16-28-46)58(54)34-23-24-36-60-52(48-31-19-12-20-32-48)40(4)44(8)56(60)55-43(7)39(3)51(47-29-17-11-18-30-47)59(55)35-22-21-33-57(53)49(37)45-25-13-9-14-26-45/h9-20,25-32H,21-24,33-36H2,1-8H3. The summed E-state index contributed by atoms with van der Waals surface area (Å²) >= 11 is 0. The molecule has 304 valence electrons. The molecule has 0 spiro atoms. The van der Waals surface area contributed by atoms with Crippen LogP contribution in [0.2, 0.25) is 0 Å². The van der Waals surface area contributed by atoms with Crippen LogP contribution in [0.1, 0.15) is 70.2 Å². The molecule has 0 fully saturated rings. The van der Waals surface area contributed by atoms with Crippen LogP contribution in [0.3, 0.4) is 0 Å². The molecule has 0 nitrogen and oxygen atoms in total. The third-order valence-corrected chi connectivity index (χ3v) is 26.3. The smallest absolute Gasteiger partial charge is 0.00922 e. The zero-order chi connectivity index (χ0) is 41.7. The van der Waals surface area contributed by atoms with Gasteiger partial charge in [-0.3, -0.25) is 0 Å². The minimum Gasteiger partial charge on any atom is -0.108 e. The molecular formula is C56H60P4. The molecule has 60 heavy (non-hydrogen) atoms. The topological polar surface area (TPSA) is 0 Å². The molecule has 0 saturated heterocycles. The molecule has 8 aromatic rings. The van der Waals surface area contributed by atoms with Crippen molar-refractivity contribution in [1.29, 1.82) is 0 Å². The van der Waals surface area contributed by atoms with Gasteiger partial charge in [0, 0.05) is 42.4 Å². The summed E-state index contributed by atoms with van der Waals surface area (Å²) in [7, 11) is -2.01. The van der Waals surface area contributed by atoms with Crippen LogP contribution >= 0.6 is 30.1 Å². The van der Waals surface area contributed by atoms with E-state index in [2.05, 4.69) is 177 Å². The molecule has 5 heterocycles. The maximum absolute atomic E-state index is 2.48. The van der Waals surface area contributed by atoms with Crippen molar-refractivity contribution in [2.24, 2.45) is 0 Å². The van der Waals surface area contributed by atoms with Gasteiger partial charge in [-0.25, -0.2) is 0 Å². The van der Waals surface area contributed by atoms with Gasteiger partial charge < -0.3 is 0 Å². The van der Waals surface area contributed by atoms with Crippen molar-refractivity contribution in [2.45, 2.75) is 106 Å². The molecule has 0 N–H and O–H groups in total. The lowest BCUT2D eigenvalue weighted by Gasteiger charge is -2.18. The minimum absolute atomic E-state index is 0.503. The lowest BCUT2D eigenvalue weighted by atomic mass is 10.0. The Kier molecular flexibility index (Phi) is 12.0. The first-order chi connectivity index (χ1) is 29.2. The van der Waals surface area contributed by atoms with Crippen LogP contribution < -0.4 is 0 Å². The van der Waals surface area contributed by atoms with Crippen molar-refractivity contribution in [2.75, 3.05) is 0 Å². The Hall–Kier alpha value is -4.00. The average Bonchev–Trinajstić information content (AvgIpc) is 3.86. The molecule has 0 saturated carbocycles. The number of hydrogen-bond acceptors (Lipinski definition) is 0. The first-order valence-electron chi connectivity index (χ1n) is 22.2. The Morgan fingerprint density at radius 2 is 0.400 bits per heavy atom. The first kappa shape index (κ1) is 41.4. The van der Waals surface area contributed by atoms with E-state index in [-0.39, 0.29) is 0 Å². The molecule has 4 heteroatoms. The fraction of sp³-hybridized carbons (Fsp3) is 0.286. The lowest BCUT2D eigenvalue weighted by Crippen LogP contribution is -1.86. The maximum Gasteiger partial charge on any atom is 0.00922 e. The number of fused-ring (bicyclic) bond motifs is 6. The van der Waals surface area contributed by atoms with E-state index in [4.69, 9.17) is 0 Å². The van der Waals surface area contributed by atoms with Crippen LogP contribution in [0, 0.1) is 55.4 Å². The summed E-state index contributed by atoms with van der Waals surface area (Å²) in [6.45, 7) is 19.7. The molecule has 9 rings (SSSR count). The van der Waals surface area contributed by atoms with E-state index >= 15 is 0 Å². The van der Waals surface area contributed by atoms with Crippen molar-refractivity contribution in [1.82, 2.24) is 0 Å². The maximum atomic E-state index is 2.48. The van der Waals surface area contributed by atoms with Crippen LogP contribution in [-0.2, 0) is 24.6 Å². The molecule has 1 aliphatic rings. The molecular weight excluding hydrogens is 797 g/mol. The van der Waals surface area contributed by atoms with Crippen LogP contribution in [0.5, 0.6) is 0 Å². The third-order valence-electron chi connectivity index (χ3n) is 13.9. The molecule has 4 aromatic carbocycles. The van der Waals surface area contributed by atoms with Crippen molar-refractivity contribution >= 4 is 30.1 Å². The Bertz CT molecular complexity index is 2410. The highest BCUT2D eigenvalue weighted by Crippen LogP contribution is 2.68. The number of hydrogen-bond donors (Lipinski definition) is 0. The van der Waals surface area contributed by atoms with Gasteiger partial charge in [-0.1, -0.05) is 121 Å². The zero-order valence-electron chi connectivity index (χ0n) is 37.0. The molecule has 1 aliphatic heterocycles. The van der Waals surface area contributed by atoms with Gasteiger partial charge >= 0.3 is 0 Å². The summed E-state index contributed by atoms with van der Waals surface area (Å²) in [5, 5.41) is 13.6. The highest BCUT2D eigenvalue weighted by molar-refractivity contribution is 7.62. The molecule has 4 atom stereocenters. The monoisotopic (exact) mass is 856 g/mol. The normalized spacial score (nSPS) is 14.7. The fourth-order valence-corrected chi connectivity index (χ4v) is 25.0. The van der Waals surface area contributed by atoms with E-state index in [0.717, 1.165) is 0 Å². The van der Waals surface area contributed by atoms with Gasteiger partial charge in [0.05, 0.1) is 0 Å². The number of benzene rings is 4. The Balaban J connectivity index is 1.28. The van der Waals surface area contributed by atoms with Crippen molar-refractivity contribution in [3.63, 3.8) is 0 Å². The van der Waals surface area contributed by atoms with Crippen LogP contribution in [-0.4, -0.2) is 0 Å². The van der Waals surface area contributed by atoms with Gasteiger partial charge in [0.15, 0.2) is 0 Å². The highest BCUT2D eigenvalue weighted by atomic mass is 31.1. The van der Waals surface area contributed by atoms with Crippen LogP contribution in [0.25, 0.3) is 64.6 Å². The van der Waals surface area contributed by atoms with E-state index in [1.807, 2.05) is 0 Å². The Labute approximate surface area is 364 Å². The Morgan fingerprint density at radius 1 is 0.233 bits per heavy atom. The van der Waals surface area contributed by atoms with E-state index in [9.17, 15) is 0 Å². The van der Waals surface area contributed by atoms with Gasteiger partial charge in [-0.2, -0.15) is 0 Å². The summed E-state index contributed by atoms with van der Waals surface area (Å²) < 4.78 is 0. The molecule has 0 bridgehead atoms. The predicted molar refractivity (Wildman–Crippen MR) is 273 cm³/mol. The third kappa shape index (κ3) is 7.12. The summed E-state index contributed by atoms with van der Waals surface area (Å²) in [6, 6.07) is 46.0. The van der Waals surface area contributed by atoms with E-state index < -0.39 is 30.1 Å². The summed E-state index contributed by atoms with van der Waals surface area (Å²) in [5.41, 5.74) is 18.2. The van der Waals surface area contributed by atoms with E-state index in [1.165, 1.54) is 72.6 Å². The summed E-state index contributed by atoms with van der Waals surface area (Å²) in [5.74, 6) is 0. The van der Waals surface area contributed by atoms with Gasteiger partial charge in [0.1, 0.15) is 0 Å². The summed E-state index contributed by atoms with van der Waals surface area (Å²) in [6.07, 6.45) is 10.1. The molecule has 0 aliphatic carbocycles. The highest BCUT2D eigenvalue weighted by Gasteiger charge is 2.30. The van der Waals surface area contributed by atoms with E-state index in [0.29, 0.717) is 0 Å². The van der Waals surface area contributed by atoms with Gasteiger partial charge in [0.2, 0.25) is 0 Å². The summed E-state index contributed by atoms with van der Waals surface area (Å²) in [4.78, 5) is 0. The van der Waals surface area contributed by atoms with Crippen molar-refractivity contribution in [3.05, 3.63) is 166 Å². The Morgan fingerprint density at radius 3 is 0.583 bits per heavy atom. The number of rotatable bonds is 4.